The van der Waals surface area contributed by atoms with Crippen molar-refractivity contribution in [1.82, 2.24) is 0 Å². The first-order valence-corrected chi connectivity index (χ1v) is 7.67. The van der Waals surface area contributed by atoms with Crippen LogP contribution >= 0.6 is 15.9 Å². The molecule has 112 valence electrons. The Bertz CT molecular complexity index is 1050. The molecule has 1 aliphatic rings. The van der Waals surface area contributed by atoms with Gasteiger partial charge in [-0.15, -0.1) is 0 Å². The first kappa shape index (κ1) is 14.0. The van der Waals surface area contributed by atoms with E-state index < -0.39 is 0 Å². The predicted molar refractivity (Wildman–Crippen MR) is 89.6 cm³/mol. The molecule has 0 fully saturated rings. The third-order valence-electron chi connectivity index (χ3n) is 3.62. The molecule has 0 N–H and O–H groups in total. The van der Waals surface area contributed by atoms with E-state index in [0.717, 1.165) is 4.47 Å². The highest BCUT2D eigenvalue weighted by Crippen LogP contribution is 2.33. The second-order valence-electron chi connectivity index (χ2n) is 5.10. The van der Waals surface area contributed by atoms with Crippen molar-refractivity contribution in [2.45, 2.75) is 0 Å². The predicted octanol–water partition coefficient (Wildman–Crippen LogP) is 4.17. The first-order chi connectivity index (χ1) is 11.1. The number of rotatable bonds is 1. The summed E-state index contributed by atoms with van der Waals surface area (Å²) in [5, 5.41) is 0.465. The van der Waals surface area contributed by atoms with E-state index in [-0.39, 0.29) is 22.5 Å². The molecule has 5 heteroatoms. The summed E-state index contributed by atoms with van der Waals surface area (Å²) in [7, 11) is 0. The van der Waals surface area contributed by atoms with E-state index >= 15 is 0 Å². The fraction of sp³-hybridized carbons (Fsp3) is 0. The Labute approximate surface area is 139 Å². The van der Waals surface area contributed by atoms with Gasteiger partial charge in [0.1, 0.15) is 17.6 Å². The highest BCUT2D eigenvalue weighted by Gasteiger charge is 2.27. The second-order valence-corrected chi connectivity index (χ2v) is 6.01. The Hall–Kier alpha value is -2.66. The van der Waals surface area contributed by atoms with Gasteiger partial charge in [-0.1, -0.05) is 28.1 Å². The van der Waals surface area contributed by atoms with Gasteiger partial charge in [0.25, 0.3) is 0 Å². The van der Waals surface area contributed by atoms with Gasteiger partial charge in [0.15, 0.2) is 11.2 Å². The van der Waals surface area contributed by atoms with Crippen molar-refractivity contribution >= 4 is 38.8 Å². The highest BCUT2D eigenvalue weighted by molar-refractivity contribution is 9.10. The number of halogens is 1. The van der Waals surface area contributed by atoms with Crippen molar-refractivity contribution in [3.8, 4) is 5.75 Å². The molecule has 23 heavy (non-hydrogen) atoms. The van der Waals surface area contributed by atoms with E-state index in [0.29, 0.717) is 22.3 Å². The summed E-state index contributed by atoms with van der Waals surface area (Å²) in [5.41, 5.74) is 1.05. The molecule has 2 heterocycles. The third kappa shape index (κ3) is 2.29. The molecule has 1 aromatic heterocycles. The summed E-state index contributed by atoms with van der Waals surface area (Å²) >= 11 is 3.33. The van der Waals surface area contributed by atoms with Gasteiger partial charge in [-0.05, 0) is 36.4 Å². The average Bonchev–Trinajstić information content (AvgIpc) is 2.86. The number of allylic oxidation sites excluding steroid dienone is 1. The van der Waals surface area contributed by atoms with Crippen LogP contribution in [0.25, 0.3) is 17.0 Å². The number of benzene rings is 2. The lowest BCUT2D eigenvalue weighted by atomic mass is 10.1. The number of ketones is 1. The minimum atomic E-state index is -0.256. The maximum absolute atomic E-state index is 12.5. The number of carbonyl (C=O) groups excluding carboxylic acids is 1. The van der Waals surface area contributed by atoms with Crippen LogP contribution in [-0.2, 0) is 0 Å². The monoisotopic (exact) mass is 368 g/mol. The Morgan fingerprint density at radius 1 is 1.04 bits per heavy atom. The van der Waals surface area contributed by atoms with Crippen LogP contribution in [0.2, 0.25) is 0 Å². The molecule has 2 aromatic carbocycles. The van der Waals surface area contributed by atoms with Crippen molar-refractivity contribution in [2.75, 3.05) is 0 Å². The summed E-state index contributed by atoms with van der Waals surface area (Å²) in [6.07, 6.45) is 2.77. The largest absolute Gasteiger partial charge is 0.463 e. The number of ether oxygens (including phenoxy) is 1. The molecule has 0 bridgehead atoms. The van der Waals surface area contributed by atoms with Crippen LogP contribution in [0.4, 0.5) is 0 Å². The fourth-order valence-electron chi connectivity index (χ4n) is 2.49. The third-order valence-corrected chi connectivity index (χ3v) is 4.12. The van der Waals surface area contributed by atoms with Crippen LogP contribution < -0.4 is 10.2 Å². The Kier molecular flexibility index (Phi) is 3.16. The summed E-state index contributed by atoms with van der Waals surface area (Å²) in [6, 6.07) is 12.2. The maximum atomic E-state index is 12.5. The SMILES string of the molecule is O=C1/C(=C/c2coc3ccccc3c2=O)Oc2ccc(Br)cc21. The topological polar surface area (TPSA) is 56.5 Å². The molecule has 0 unspecified atom stereocenters. The van der Waals surface area contributed by atoms with E-state index in [4.69, 9.17) is 9.15 Å². The Balaban J connectivity index is 1.82. The van der Waals surface area contributed by atoms with Gasteiger partial charge in [-0.2, -0.15) is 0 Å². The molecule has 4 nitrogen and oxygen atoms in total. The molecule has 0 spiro atoms. The van der Waals surface area contributed by atoms with Crippen molar-refractivity contribution < 1.29 is 13.9 Å². The number of carbonyl (C=O) groups is 1. The van der Waals surface area contributed by atoms with Crippen molar-refractivity contribution in [3.63, 3.8) is 0 Å². The van der Waals surface area contributed by atoms with Crippen LogP contribution in [-0.4, -0.2) is 5.78 Å². The smallest absolute Gasteiger partial charge is 0.232 e. The minimum Gasteiger partial charge on any atom is -0.463 e. The standard InChI is InChI=1S/C18H9BrO4/c19-11-5-6-15-13(8-11)18(21)16(23-15)7-10-9-22-14-4-2-1-3-12(14)17(10)20/h1-9H/b16-7-. The van der Waals surface area contributed by atoms with E-state index in [2.05, 4.69) is 15.9 Å². The molecule has 0 aliphatic carbocycles. The zero-order valence-corrected chi connectivity index (χ0v) is 13.3. The normalized spacial score (nSPS) is 15.0. The van der Waals surface area contributed by atoms with E-state index in [1.54, 1.807) is 42.5 Å². The lowest BCUT2D eigenvalue weighted by Gasteiger charge is -2.00. The lowest BCUT2D eigenvalue weighted by molar-refractivity contribution is 0.101. The molecule has 0 amide bonds. The van der Waals surface area contributed by atoms with Crippen LogP contribution in [0.15, 0.2) is 68.2 Å². The molecule has 0 saturated carbocycles. The number of fused-ring (bicyclic) bond motifs is 2. The van der Waals surface area contributed by atoms with E-state index in [1.807, 2.05) is 0 Å². The first-order valence-electron chi connectivity index (χ1n) is 6.88. The Morgan fingerprint density at radius 2 is 1.87 bits per heavy atom. The van der Waals surface area contributed by atoms with Gasteiger partial charge >= 0.3 is 0 Å². The van der Waals surface area contributed by atoms with Crippen LogP contribution in [0.1, 0.15) is 15.9 Å². The summed E-state index contributed by atoms with van der Waals surface area (Å²) < 4.78 is 11.8. The van der Waals surface area contributed by atoms with Crippen molar-refractivity contribution in [3.05, 3.63) is 80.3 Å². The Morgan fingerprint density at radius 3 is 2.74 bits per heavy atom. The van der Waals surface area contributed by atoms with Crippen LogP contribution in [0.5, 0.6) is 5.75 Å². The molecule has 0 radical (unpaired) electrons. The molecule has 1 aliphatic heterocycles. The van der Waals surface area contributed by atoms with Gasteiger partial charge in [0, 0.05) is 4.47 Å². The zero-order chi connectivity index (χ0) is 16.0. The van der Waals surface area contributed by atoms with Gasteiger partial charge < -0.3 is 9.15 Å². The second kappa shape index (κ2) is 5.21. The van der Waals surface area contributed by atoms with Gasteiger partial charge in [0.05, 0.1) is 16.5 Å². The quantitative estimate of drug-likeness (QED) is 0.604. The molecular weight excluding hydrogens is 360 g/mol. The fourth-order valence-corrected chi connectivity index (χ4v) is 2.86. The highest BCUT2D eigenvalue weighted by atomic mass is 79.9. The van der Waals surface area contributed by atoms with Crippen molar-refractivity contribution in [1.29, 1.82) is 0 Å². The maximum Gasteiger partial charge on any atom is 0.232 e. The number of hydrogen-bond donors (Lipinski definition) is 0. The number of para-hydroxylation sites is 1. The zero-order valence-electron chi connectivity index (χ0n) is 11.7. The summed E-state index contributed by atoms with van der Waals surface area (Å²) in [4.78, 5) is 24.9. The molecule has 0 saturated heterocycles. The average molecular weight is 369 g/mol. The molecule has 4 rings (SSSR count). The number of hydrogen-bond acceptors (Lipinski definition) is 4. The van der Waals surface area contributed by atoms with Gasteiger partial charge in [-0.3, -0.25) is 9.59 Å². The molecular formula is C18H9BrO4. The lowest BCUT2D eigenvalue weighted by Crippen LogP contribution is -2.07. The summed E-state index contributed by atoms with van der Waals surface area (Å²) in [6.45, 7) is 0. The van der Waals surface area contributed by atoms with E-state index in [1.165, 1.54) is 12.3 Å². The van der Waals surface area contributed by atoms with Crippen LogP contribution in [0, 0.1) is 0 Å². The van der Waals surface area contributed by atoms with Gasteiger partial charge in [0.2, 0.25) is 5.78 Å². The van der Waals surface area contributed by atoms with Crippen LogP contribution in [0.3, 0.4) is 0 Å². The minimum absolute atomic E-state index is 0.112. The molecule has 0 atom stereocenters. The number of Topliss-reactive ketones (excluding diaryl/α,β-unsaturated/α-hetero) is 1. The molecule has 3 aromatic rings. The van der Waals surface area contributed by atoms with Gasteiger partial charge in [-0.25, -0.2) is 0 Å². The van der Waals surface area contributed by atoms with E-state index in [9.17, 15) is 9.59 Å². The van der Waals surface area contributed by atoms with Crippen molar-refractivity contribution in [2.24, 2.45) is 0 Å². The summed E-state index contributed by atoms with van der Waals surface area (Å²) in [5.74, 6) is 0.337.